The molecule has 2 unspecified atom stereocenters. The third kappa shape index (κ3) is 8.64. The Morgan fingerprint density at radius 3 is 2.52 bits per heavy atom. The van der Waals surface area contributed by atoms with Gasteiger partial charge in [0.05, 0.1) is 12.5 Å². The molecule has 0 aliphatic rings. The van der Waals surface area contributed by atoms with Crippen molar-refractivity contribution in [2.45, 2.75) is 37.9 Å². The summed E-state index contributed by atoms with van der Waals surface area (Å²) >= 11 is 7.92. The molecule has 0 aliphatic heterocycles. The van der Waals surface area contributed by atoms with Crippen LogP contribution >= 0.6 is 35.7 Å². The van der Waals surface area contributed by atoms with Crippen molar-refractivity contribution in [2.75, 3.05) is 19.0 Å². The molecule has 0 heterocycles. The highest BCUT2D eigenvalue weighted by Gasteiger charge is 2.41. The minimum Gasteiger partial charge on any atom is -0.481 e. The highest BCUT2D eigenvalue weighted by Crippen LogP contribution is 2.38. The molecule has 0 fully saturated rings. The van der Waals surface area contributed by atoms with Crippen molar-refractivity contribution in [3.63, 3.8) is 0 Å². The zero-order chi connectivity index (χ0) is 20.3. The van der Waals surface area contributed by atoms with E-state index < -0.39 is 22.6 Å². The number of benzene rings is 1. The molecule has 0 bridgehead atoms. The number of hydrogen-bond acceptors (Lipinski definition) is 7. The molecule has 0 aromatic heterocycles. The first-order valence-electron chi connectivity index (χ1n) is 8.73. The largest absolute Gasteiger partial charge is 0.481 e. The summed E-state index contributed by atoms with van der Waals surface area (Å²) < 4.78 is 4.57. The van der Waals surface area contributed by atoms with Gasteiger partial charge in [0.25, 0.3) is 0 Å². The van der Waals surface area contributed by atoms with Gasteiger partial charge >= 0.3 is 11.9 Å². The molecule has 27 heavy (non-hydrogen) atoms. The van der Waals surface area contributed by atoms with Crippen molar-refractivity contribution in [1.29, 1.82) is 0 Å². The lowest BCUT2D eigenvalue weighted by atomic mass is 9.90. The predicted octanol–water partition coefficient (Wildman–Crippen LogP) is 3.78. The summed E-state index contributed by atoms with van der Waals surface area (Å²) in [5.74, 6) is -1.43. The molecule has 2 N–H and O–H groups in total. The number of aryl methyl sites for hydroxylation is 1. The number of aliphatic hydroxyl groups excluding tert-OH is 1. The normalized spacial score (nSPS) is 14.2. The lowest BCUT2D eigenvalue weighted by Crippen LogP contribution is -2.39. The summed E-state index contributed by atoms with van der Waals surface area (Å²) in [6.07, 6.45) is 1.13. The molecule has 1 aromatic carbocycles. The van der Waals surface area contributed by atoms with Crippen LogP contribution in [0.1, 0.15) is 32.3 Å². The van der Waals surface area contributed by atoms with Crippen LogP contribution in [0.5, 0.6) is 0 Å². The second-order valence-electron chi connectivity index (χ2n) is 6.14. The lowest BCUT2D eigenvalue weighted by molar-refractivity contribution is -0.149. The van der Waals surface area contributed by atoms with E-state index in [1.165, 1.54) is 23.5 Å². The number of thioether (sulfide) groups is 2. The van der Waals surface area contributed by atoms with Crippen LogP contribution in [0.2, 0.25) is 0 Å². The smallest absolute Gasteiger partial charge is 0.322 e. The molecule has 5 nitrogen and oxygen atoms in total. The number of aliphatic hydroxyl groups is 1. The van der Waals surface area contributed by atoms with E-state index in [1.807, 2.05) is 37.3 Å². The number of carboxylic acids is 1. The Bertz CT molecular complexity index is 623. The van der Waals surface area contributed by atoms with E-state index in [0.717, 1.165) is 11.3 Å². The summed E-state index contributed by atoms with van der Waals surface area (Å²) in [6, 6.07) is 9.65. The maximum atomic E-state index is 12.6. The number of carbonyl (C=O) groups excluding carboxylic acids is 1. The highest BCUT2D eigenvalue weighted by molar-refractivity contribution is 8.47. The molecule has 1 aromatic rings. The van der Waals surface area contributed by atoms with E-state index in [-0.39, 0.29) is 19.6 Å². The van der Waals surface area contributed by atoms with E-state index in [0.29, 0.717) is 16.4 Å². The Balaban J connectivity index is 2.90. The van der Waals surface area contributed by atoms with Gasteiger partial charge in [-0.15, -0.1) is 11.8 Å². The average Bonchev–Trinajstić information content (AvgIpc) is 2.63. The maximum absolute atomic E-state index is 12.6. The Kier molecular flexibility index (Phi) is 11.0. The first kappa shape index (κ1) is 23.9. The Morgan fingerprint density at radius 2 is 1.96 bits per heavy atom. The highest BCUT2D eigenvalue weighted by atomic mass is 32.2. The third-order valence-electron chi connectivity index (χ3n) is 3.94. The molecule has 0 saturated heterocycles. The monoisotopic (exact) mass is 430 g/mol. The van der Waals surface area contributed by atoms with Gasteiger partial charge in [-0.05, 0) is 37.5 Å². The van der Waals surface area contributed by atoms with Crippen LogP contribution in [0.4, 0.5) is 0 Å². The fourth-order valence-electron chi connectivity index (χ4n) is 2.56. The number of hydrogen-bond donors (Lipinski definition) is 2. The molecule has 0 amide bonds. The summed E-state index contributed by atoms with van der Waals surface area (Å²) in [5.41, 5.74) is 1.05. The van der Waals surface area contributed by atoms with Gasteiger partial charge in [-0.2, -0.15) is 0 Å². The van der Waals surface area contributed by atoms with Crippen molar-refractivity contribution in [1.82, 2.24) is 0 Å². The van der Waals surface area contributed by atoms with Crippen LogP contribution in [0.25, 0.3) is 0 Å². The molecule has 0 spiro atoms. The van der Waals surface area contributed by atoms with Crippen molar-refractivity contribution in [2.24, 2.45) is 5.92 Å². The molecular weight excluding hydrogens is 404 g/mol. The number of aliphatic carboxylic acids is 1. The van der Waals surface area contributed by atoms with Gasteiger partial charge in [0.15, 0.2) is 0 Å². The molecular formula is C19H26O5S3. The van der Waals surface area contributed by atoms with Crippen molar-refractivity contribution in [3.05, 3.63) is 35.9 Å². The number of esters is 1. The number of thiocarbonyl (C=S) groups is 1. The van der Waals surface area contributed by atoms with Crippen LogP contribution in [-0.2, 0) is 20.7 Å². The van der Waals surface area contributed by atoms with Crippen LogP contribution in [0.3, 0.4) is 0 Å². The SMILES string of the molecule is CCSC(=S)SC(C)(CC(CCc1ccccc1)C(=O)O)C(=O)OCCO. The van der Waals surface area contributed by atoms with E-state index in [4.69, 9.17) is 22.1 Å². The zero-order valence-corrected chi connectivity index (χ0v) is 18.0. The first-order chi connectivity index (χ1) is 12.8. The summed E-state index contributed by atoms with van der Waals surface area (Å²) in [7, 11) is 0. The summed E-state index contributed by atoms with van der Waals surface area (Å²) in [4.78, 5) is 24.4. The van der Waals surface area contributed by atoms with Crippen LogP contribution in [0, 0.1) is 5.92 Å². The van der Waals surface area contributed by atoms with Crippen molar-refractivity contribution >= 4 is 51.2 Å². The van der Waals surface area contributed by atoms with E-state index in [2.05, 4.69) is 0 Å². The van der Waals surface area contributed by atoms with Crippen LogP contribution in [-0.4, -0.2) is 49.4 Å². The minimum atomic E-state index is -1.12. The molecule has 8 heteroatoms. The van der Waals surface area contributed by atoms with Gasteiger partial charge in [-0.3, -0.25) is 9.59 Å². The molecule has 0 saturated carbocycles. The quantitative estimate of drug-likeness (QED) is 0.405. The first-order valence-corrected chi connectivity index (χ1v) is 10.9. The summed E-state index contributed by atoms with van der Waals surface area (Å²) in [6.45, 7) is 3.22. The second-order valence-corrected chi connectivity index (χ2v) is 10.1. The number of carboxylic acid groups (broad SMARTS) is 1. The summed E-state index contributed by atoms with van der Waals surface area (Å²) in [5, 5.41) is 18.6. The van der Waals surface area contributed by atoms with Crippen LogP contribution in [0.15, 0.2) is 30.3 Å². The molecule has 150 valence electrons. The molecule has 2 atom stereocenters. The molecule has 1 rings (SSSR count). The van der Waals surface area contributed by atoms with Gasteiger partial charge in [-0.25, -0.2) is 0 Å². The molecule has 0 aliphatic carbocycles. The lowest BCUT2D eigenvalue weighted by Gasteiger charge is -2.29. The Hall–Kier alpha value is -1.09. The Labute approximate surface area is 174 Å². The molecule has 0 radical (unpaired) electrons. The average molecular weight is 431 g/mol. The Morgan fingerprint density at radius 1 is 1.30 bits per heavy atom. The van der Waals surface area contributed by atoms with E-state index in [9.17, 15) is 14.7 Å². The standard InChI is InChI=1S/C19H26O5S3/c1-3-26-18(25)27-19(2,17(23)24-12-11-20)13-15(16(21)22)10-9-14-7-5-4-6-8-14/h4-8,15,20H,3,9-13H2,1-2H3,(H,21,22). The predicted molar refractivity (Wildman–Crippen MR) is 115 cm³/mol. The van der Waals surface area contributed by atoms with Gasteiger partial charge in [-0.1, -0.05) is 61.2 Å². The van der Waals surface area contributed by atoms with Gasteiger partial charge in [0, 0.05) is 0 Å². The third-order valence-corrected chi connectivity index (χ3v) is 6.62. The van der Waals surface area contributed by atoms with Crippen molar-refractivity contribution < 1.29 is 24.5 Å². The minimum absolute atomic E-state index is 0.106. The number of ether oxygens (including phenoxy) is 1. The zero-order valence-electron chi connectivity index (χ0n) is 15.6. The fraction of sp³-hybridized carbons (Fsp3) is 0.526. The van der Waals surface area contributed by atoms with E-state index >= 15 is 0 Å². The van der Waals surface area contributed by atoms with Gasteiger partial charge in [0.2, 0.25) is 0 Å². The van der Waals surface area contributed by atoms with Gasteiger partial charge < -0.3 is 14.9 Å². The topological polar surface area (TPSA) is 83.8 Å². The number of rotatable bonds is 11. The second kappa shape index (κ2) is 12.4. The van der Waals surface area contributed by atoms with E-state index in [1.54, 1.807) is 6.92 Å². The maximum Gasteiger partial charge on any atom is 0.322 e. The van der Waals surface area contributed by atoms with Gasteiger partial charge in [0.1, 0.15) is 14.9 Å². The van der Waals surface area contributed by atoms with Crippen LogP contribution < -0.4 is 0 Å². The number of carbonyl (C=O) groups is 2. The fourth-order valence-corrected chi connectivity index (χ4v) is 5.63. The van der Waals surface area contributed by atoms with Crippen molar-refractivity contribution in [3.8, 4) is 0 Å².